The van der Waals surface area contributed by atoms with Gasteiger partial charge >= 0.3 is 5.97 Å². The van der Waals surface area contributed by atoms with Crippen molar-refractivity contribution in [2.24, 2.45) is 4.99 Å². The molecule has 0 aliphatic heterocycles. The van der Waals surface area contributed by atoms with Crippen molar-refractivity contribution in [1.82, 2.24) is 54.9 Å². The van der Waals surface area contributed by atoms with E-state index in [4.69, 9.17) is 52.3 Å². The number of fused-ring (bicyclic) bond motifs is 3. The Morgan fingerprint density at radius 1 is 0.618 bits per heavy atom. The van der Waals surface area contributed by atoms with Crippen LogP contribution in [0.4, 0.5) is 29.7 Å². The number of Topliss-reactive ketones (excluding diaryl/α,β-unsaturated/α-hetero) is 1. The molecule has 76 heavy (non-hydrogen) atoms. The summed E-state index contributed by atoms with van der Waals surface area (Å²) in [4.78, 5) is 61.1. The lowest BCUT2D eigenvalue weighted by molar-refractivity contribution is -0.117. The summed E-state index contributed by atoms with van der Waals surface area (Å²) in [6.45, 7) is 5.72. The minimum atomic E-state index is -0.943. The van der Waals surface area contributed by atoms with Gasteiger partial charge in [0.2, 0.25) is 6.08 Å². The molecule has 0 spiro atoms. The first-order chi connectivity index (χ1) is 36.1. The first-order valence-electron chi connectivity index (χ1n) is 21.1. The number of nitrogens with zero attached hydrogens (tertiary/aromatic N) is 12. The van der Waals surface area contributed by atoms with Gasteiger partial charge in [-0.1, -0.05) is 78.4 Å². The SMILES string of the molecule is C.Cc1c(C(=O)O)cnc2ccc(Br)cc12.Cc1c(CC(=O)Cc2cnc(-n3nccn3)c(Cl)c2)cnc2ccc(Br)cc12.Cc1c(N=C=O)cnc2ccc(Br)cc12.FF.FF.Nc1cnc(-n2nccn2)c(Cl)c1. The van der Waals surface area contributed by atoms with Gasteiger partial charge in [-0.3, -0.25) is 19.7 Å². The number of aromatic nitrogens is 11. The van der Waals surface area contributed by atoms with Crippen LogP contribution in [0.5, 0.6) is 0 Å². The van der Waals surface area contributed by atoms with Crippen molar-refractivity contribution in [2.45, 2.75) is 41.0 Å². The number of benzene rings is 3. The summed E-state index contributed by atoms with van der Waals surface area (Å²) in [5.41, 5.74) is 13.8. The highest BCUT2D eigenvalue weighted by molar-refractivity contribution is 9.11. The Labute approximate surface area is 465 Å². The molecule has 0 unspecified atom stereocenters. The van der Waals surface area contributed by atoms with E-state index >= 15 is 0 Å². The quantitative estimate of drug-likeness (QED) is 0.0818. The summed E-state index contributed by atoms with van der Waals surface area (Å²) in [7, 11) is 0. The number of isocyanates is 1. The molecule has 0 radical (unpaired) electrons. The molecule has 392 valence electrons. The van der Waals surface area contributed by atoms with Crippen molar-refractivity contribution in [2.75, 3.05) is 5.73 Å². The molecule has 7 aromatic heterocycles. The van der Waals surface area contributed by atoms with Crippen LogP contribution >= 0.6 is 71.0 Å². The number of nitrogens with two attached hydrogens (primary N) is 1. The fraction of sp³-hybridized carbons (Fsp3) is 0.120. The van der Waals surface area contributed by atoms with Crippen LogP contribution in [0.1, 0.15) is 45.6 Å². The smallest absolute Gasteiger partial charge is 0.337 e. The standard InChI is InChI=1S/C20H15BrClN5O.C11H7BrN2O.C11H8BrNO2.C7H6ClN5.CH4.2F2/c1-12-14(11-23-19-3-2-15(21)9-17(12)19)8-16(28)6-13-7-18(22)20(24-10-13)27-25-4-5-26-27;1-7-9-4-8(12)2-3-10(9)13-5-11(7)14-6-15;1-6-8-4-7(12)2-3-10(8)13-5-9(6)11(14)15;8-6-3-5(9)4-10-7(6)13-11-1-2-12-13;;2*1-2/h2-5,7,9-11H,6,8H2,1H3;2-5H,1H3;2-5H,1H3,(H,14,15);1-4H,9H2;1H4;;. The number of ketones is 1. The highest BCUT2D eigenvalue weighted by Gasteiger charge is 2.15. The van der Waals surface area contributed by atoms with Crippen LogP contribution in [0.25, 0.3) is 44.3 Å². The number of nitrogen functional groups attached to an aromatic ring is 1. The number of halogens is 9. The Kier molecular flexibility index (Phi) is 23.8. The second-order valence-corrected chi connectivity index (χ2v) is 18.8. The monoisotopic (exact) mass is 1270 g/mol. The Balaban J connectivity index is 0.000000224. The average molecular weight is 1270 g/mol. The number of carbonyl (C=O) groups excluding carboxylic acids is 2. The Morgan fingerprint density at radius 3 is 1.54 bits per heavy atom. The molecule has 0 saturated carbocycles. The molecule has 7 heterocycles. The first-order valence-corrected chi connectivity index (χ1v) is 24.3. The van der Waals surface area contributed by atoms with Crippen molar-refractivity contribution >= 4 is 133 Å². The van der Waals surface area contributed by atoms with Gasteiger partial charge in [-0.15, -0.1) is 9.59 Å². The maximum Gasteiger partial charge on any atom is 0.337 e. The second-order valence-electron chi connectivity index (χ2n) is 15.2. The van der Waals surface area contributed by atoms with E-state index < -0.39 is 5.97 Å². The number of aliphatic imine (C=N–C) groups is 1. The number of pyridine rings is 5. The summed E-state index contributed by atoms with van der Waals surface area (Å²) in [6, 6.07) is 20.7. The molecule has 26 heteroatoms. The van der Waals surface area contributed by atoms with Gasteiger partial charge in [0.25, 0.3) is 0 Å². The Hall–Kier alpha value is -7.47. The molecule has 3 aromatic carbocycles. The number of rotatable bonds is 8. The molecule has 3 N–H and O–H groups in total. The first kappa shape index (κ1) is 61.1. The Bertz CT molecular complexity index is 3570. The van der Waals surface area contributed by atoms with Crippen molar-refractivity contribution in [3.63, 3.8) is 0 Å². The van der Waals surface area contributed by atoms with E-state index in [1.54, 1.807) is 62.4 Å². The number of carbonyl (C=O) groups is 2. The van der Waals surface area contributed by atoms with Crippen LogP contribution in [0.2, 0.25) is 10.0 Å². The molecule has 0 atom stereocenters. The summed E-state index contributed by atoms with van der Waals surface area (Å²) >= 11 is 22.4. The average Bonchev–Trinajstić information content (AvgIpc) is 4.15. The van der Waals surface area contributed by atoms with Gasteiger partial charge in [0, 0.05) is 79.3 Å². The molecular weight excluding hydrogens is 1230 g/mol. The van der Waals surface area contributed by atoms with Crippen molar-refractivity contribution in [3.05, 3.63) is 179 Å². The van der Waals surface area contributed by atoms with E-state index in [1.807, 2.05) is 68.4 Å². The molecule has 0 fully saturated rings. The molecule has 10 aromatic rings. The summed E-state index contributed by atoms with van der Waals surface area (Å²) in [5, 5.41) is 28.5. The van der Waals surface area contributed by atoms with E-state index in [0.717, 1.165) is 73.9 Å². The van der Waals surface area contributed by atoms with Crippen LogP contribution in [0.15, 0.2) is 141 Å². The van der Waals surface area contributed by atoms with Gasteiger partial charge in [0.15, 0.2) is 11.6 Å². The lowest BCUT2D eigenvalue weighted by Gasteiger charge is -2.09. The van der Waals surface area contributed by atoms with Gasteiger partial charge in [0.1, 0.15) is 5.78 Å². The number of carboxylic acids is 1. The lowest BCUT2D eigenvalue weighted by Crippen LogP contribution is -2.10. The predicted octanol–water partition coefficient (Wildman–Crippen LogP) is 13.8. The normalized spacial score (nSPS) is 10.1. The highest BCUT2D eigenvalue weighted by Crippen LogP contribution is 2.29. The van der Waals surface area contributed by atoms with Gasteiger partial charge in [-0.25, -0.2) is 19.6 Å². The Morgan fingerprint density at radius 2 is 1.07 bits per heavy atom. The van der Waals surface area contributed by atoms with E-state index in [9.17, 15) is 14.4 Å². The van der Waals surface area contributed by atoms with Crippen LogP contribution in [-0.4, -0.2) is 77.8 Å². The number of aromatic carboxylic acids is 1. The second kappa shape index (κ2) is 29.6. The number of hydrogen-bond donors (Lipinski definition) is 2. The van der Waals surface area contributed by atoms with Gasteiger partial charge < -0.3 is 10.8 Å². The maximum atomic E-state index is 12.6. The zero-order chi connectivity index (χ0) is 54.8. The molecule has 17 nitrogen and oxygen atoms in total. The lowest BCUT2D eigenvalue weighted by atomic mass is 9.99. The topological polar surface area (TPSA) is 236 Å². The molecule has 0 bridgehead atoms. The van der Waals surface area contributed by atoms with Crippen molar-refractivity contribution < 1.29 is 37.8 Å². The zero-order valence-electron chi connectivity index (χ0n) is 39.0. The van der Waals surface area contributed by atoms with E-state index in [-0.39, 0.29) is 25.2 Å². The molecular formula is C50H40Br3Cl2F4N13O4. The molecule has 0 aliphatic rings. The fourth-order valence-corrected chi connectivity index (χ4v) is 8.54. The largest absolute Gasteiger partial charge is 0.478 e. The van der Waals surface area contributed by atoms with E-state index in [0.29, 0.717) is 39.5 Å². The number of hydrogen-bond acceptors (Lipinski definition) is 14. The van der Waals surface area contributed by atoms with Crippen LogP contribution < -0.4 is 5.73 Å². The minimum absolute atomic E-state index is 0. The fourth-order valence-electron chi connectivity index (χ4n) is 6.94. The molecule has 0 aliphatic carbocycles. The molecule has 0 saturated heterocycles. The van der Waals surface area contributed by atoms with Gasteiger partial charge in [-0.2, -0.15) is 25.4 Å². The van der Waals surface area contributed by atoms with E-state index in [2.05, 4.69) is 98.1 Å². The number of anilines is 1. The molecule has 0 amide bonds. The van der Waals surface area contributed by atoms with Gasteiger partial charge in [-0.05, 0) is 115 Å². The van der Waals surface area contributed by atoms with Crippen molar-refractivity contribution in [3.8, 4) is 11.6 Å². The summed E-state index contributed by atoms with van der Waals surface area (Å²) < 4.78 is 34.9. The van der Waals surface area contributed by atoms with Crippen LogP contribution in [-0.2, 0) is 22.4 Å². The van der Waals surface area contributed by atoms with Crippen molar-refractivity contribution in [1.29, 1.82) is 0 Å². The summed E-state index contributed by atoms with van der Waals surface area (Å²) in [6.07, 6.45) is 16.2. The predicted molar refractivity (Wildman–Crippen MR) is 294 cm³/mol. The van der Waals surface area contributed by atoms with E-state index in [1.165, 1.54) is 28.1 Å². The third kappa shape index (κ3) is 16.0. The third-order valence-corrected chi connectivity index (χ3v) is 12.5. The highest BCUT2D eigenvalue weighted by atomic mass is 79.9. The zero-order valence-corrected chi connectivity index (χ0v) is 45.2. The molecule has 10 rings (SSSR count). The maximum absolute atomic E-state index is 12.6. The third-order valence-electron chi connectivity index (χ3n) is 10.5. The number of aryl methyl sites for hydroxylation is 3. The summed E-state index contributed by atoms with van der Waals surface area (Å²) in [5.74, 6) is 0.0350. The van der Waals surface area contributed by atoms with Crippen LogP contribution in [0.3, 0.4) is 0 Å². The number of carboxylic acid groups (broad SMARTS) is 1. The minimum Gasteiger partial charge on any atom is -0.478 e. The van der Waals surface area contributed by atoms with Crippen LogP contribution in [0, 0.1) is 20.8 Å². The van der Waals surface area contributed by atoms with Gasteiger partial charge in [0.05, 0.1) is 80.7 Å².